The lowest BCUT2D eigenvalue weighted by molar-refractivity contribution is 0.0537. The van der Waals surface area contributed by atoms with E-state index in [-0.39, 0.29) is 10.6 Å². The Labute approximate surface area is 135 Å². The molecule has 0 aliphatic carbocycles. The number of rotatable bonds is 5. The lowest BCUT2D eigenvalue weighted by Crippen LogP contribution is -2.21. The minimum Gasteiger partial charge on any atom is -0.379 e. The number of hydrogen-bond acceptors (Lipinski definition) is 5. The second-order valence-electron chi connectivity index (χ2n) is 4.97. The van der Waals surface area contributed by atoms with Gasteiger partial charge in [-0.2, -0.15) is 8.42 Å². The van der Waals surface area contributed by atoms with Gasteiger partial charge in [-0.15, -0.1) is 0 Å². The summed E-state index contributed by atoms with van der Waals surface area (Å²) in [5.74, 6) is -0.309. The quantitative estimate of drug-likeness (QED) is 0.670. The lowest BCUT2D eigenvalue weighted by Gasteiger charge is -2.10. The Kier molecular flexibility index (Phi) is 5.02. The number of nitrogens with one attached hydrogen (secondary N) is 1. The Morgan fingerprint density at radius 2 is 1.70 bits per heavy atom. The van der Waals surface area contributed by atoms with Crippen LogP contribution in [0.2, 0.25) is 0 Å². The molecule has 0 heterocycles. The first kappa shape index (κ1) is 17.0. The fraction of sp³-hybridized carbons (Fsp3) is 0.188. The van der Waals surface area contributed by atoms with Gasteiger partial charge in [0.25, 0.3) is 5.91 Å². The molecule has 23 heavy (non-hydrogen) atoms. The second-order valence-corrected chi connectivity index (χ2v) is 6.48. The second kappa shape index (κ2) is 6.80. The van der Waals surface area contributed by atoms with E-state index in [0.29, 0.717) is 11.1 Å². The van der Waals surface area contributed by atoms with E-state index in [9.17, 15) is 13.2 Å². The minimum absolute atomic E-state index is 0.124. The SMILES string of the molecule is CONC(=O)c1ccc(OS(=O)(=O)c2cc(C)ccc2C)cc1. The molecule has 0 bridgehead atoms. The van der Waals surface area contributed by atoms with Crippen molar-refractivity contribution in [2.75, 3.05) is 7.11 Å². The van der Waals surface area contributed by atoms with Crippen molar-refractivity contribution in [3.8, 4) is 5.75 Å². The Hall–Kier alpha value is -2.38. The predicted molar refractivity (Wildman–Crippen MR) is 84.6 cm³/mol. The Morgan fingerprint density at radius 3 is 2.30 bits per heavy atom. The summed E-state index contributed by atoms with van der Waals surface area (Å²) in [5.41, 5.74) is 3.92. The van der Waals surface area contributed by atoms with Gasteiger partial charge in [-0.3, -0.25) is 9.63 Å². The van der Waals surface area contributed by atoms with E-state index in [0.717, 1.165) is 5.56 Å². The van der Waals surface area contributed by atoms with Crippen molar-refractivity contribution in [2.45, 2.75) is 18.7 Å². The molecule has 1 N–H and O–H groups in total. The number of aryl methyl sites for hydroxylation is 2. The maximum atomic E-state index is 12.4. The van der Waals surface area contributed by atoms with Crippen LogP contribution in [0.25, 0.3) is 0 Å². The van der Waals surface area contributed by atoms with Crippen molar-refractivity contribution < 1.29 is 22.2 Å². The molecule has 0 aromatic heterocycles. The Bertz CT molecular complexity index is 813. The summed E-state index contributed by atoms with van der Waals surface area (Å²) in [7, 11) is -2.61. The van der Waals surface area contributed by atoms with Crippen molar-refractivity contribution in [1.29, 1.82) is 0 Å². The van der Waals surface area contributed by atoms with Crippen molar-refractivity contribution >= 4 is 16.0 Å². The average Bonchev–Trinajstić information content (AvgIpc) is 2.50. The van der Waals surface area contributed by atoms with Gasteiger partial charge in [0, 0.05) is 5.56 Å². The van der Waals surface area contributed by atoms with Gasteiger partial charge < -0.3 is 4.18 Å². The molecule has 2 rings (SSSR count). The number of carbonyl (C=O) groups excluding carboxylic acids is 1. The van der Waals surface area contributed by atoms with Crippen molar-refractivity contribution in [3.05, 3.63) is 59.2 Å². The van der Waals surface area contributed by atoms with Crippen molar-refractivity contribution in [2.24, 2.45) is 0 Å². The first-order valence-corrected chi connectivity index (χ1v) is 8.19. The highest BCUT2D eigenvalue weighted by Crippen LogP contribution is 2.22. The van der Waals surface area contributed by atoms with Crippen LogP contribution in [-0.2, 0) is 15.0 Å². The number of hydroxylamine groups is 1. The van der Waals surface area contributed by atoms with Crippen molar-refractivity contribution in [3.63, 3.8) is 0 Å². The van der Waals surface area contributed by atoms with Gasteiger partial charge in [0.15, 0.2) is 0 Å². The lowest BCUT2D eigenvalue weighted by atomic mass is 10.2. The molecular weight excluding hydrogens is 318 g/mol. The third-order valence-corrected chi connectivity index (χ3v) is 4.52. The van der Waals surface area contributed by atoms with Crippen molar-refractivity contribution in [1.82, 2.24) is 5.48 Å². The smallest absolute Gasteiger partial charge is 0.339 e. The number of benzene rings is 2. The topological polar surface area (TPSA) is 81.7 Å². The number of amides is 1. The molecule has 0 radical (unpaired) electrons. The average molecular weight is 335 g/mol. The Morgan fingerprint density at radius 1 is 1.04 bits per heavy atom. The van der Waals surface area contributed by atoms with Crippen LogP contribution in [0.4, 0.5) is 0 Å². The summed E-state index contributed by atoms with van der Waals surface area (Å²) in [6.45, 7) is 3.51. The van der Waals surface area contributed by atoms with E-state index in [1.54, 1.807) is 19.1 Å². The highest BCUT2D eigenvalue weighted by atomic mass is 32.2. The maximum absolute atomic E-state index is 12.4. The summed E-state index contributed by atoms with van der Waals surface area (Å²) in [4.78, 5) is 16.2. The summed E-state index contributed by atoms with van der Waals surface area (Å²) in [6, 6.07) is 10.8. The van der Waals surface area contributed by atoms with Gasteiger partial charge in [0.1, 0.15) is 10.6 Å². The molecule has 0 spiro atoms. The van der Waals surface area contributed by atoms with Crippen LogP contribution in [0.1, 0.15) is 21.5 Å². The molecule has 0 aliphatic rings. The Balaban J connectivity index is 2.24. The van der Waals surface area contributed by atoms with Gasteiger partial charge in [0.05, 0.1) is 7.11 Å². The number of hydrogen-bond donors (Lipinski definition) is 1. The predicted octanol–water partition coefficient (Wildman–Crippen LogP) is 2.36. The highest BCUT2D eigenvalue weighted by molar-refractivity contribution is 7.87. The molecule has 0 fully saturated rings. The third kappa shape index (κ3) is 4.08. The molecule has 0 unspecified atom stereocenters. The first-order valence-electron chi connectivity index (χ1n) is 6.78. The molecule has 2 aromatic carbocycles. The first-order chi connectivity index (χ1) is 10.8. The molecule has 6 nitrogen and oxygen atoms in total. The minimum atomic E-state index is -3.94. The van der Waals surface area contributed by atoms with Gasteiger partial charge >= 0.3 is 10.1 Å². The fourth-order valence-electron chi connectivity index (χ4n) is 1.96. The number of carbonyl (C=O) groups is 1. The summed E-state index contributed by atoms with van der Waals surface area (Å²) in [6.07, 6.45) is 0. The molecule has 7 heteroatoms. The summed E-state index contributed by atoms with van der Waals surface area (Å²) in [5, 5.41) is 0. The normalized spacial score (nSPS) is 11.1. The fourth-order valence-corrected chi connectivity index (χ4v) is 3.21. The molecule has 2 aromatic rings. The highest BCUT2D eigenvalue weighted by Gasteiger charge is 2.19. The maximum Gasteiger partial charge on any atom is 0.339 e. The zero-order chi connectivity index (χ0) is 17.0. The third-order valence-electron chi connectivity index (χ3n) is 3.13. The summed E-state index contributed by atoms with van der Waals surface area (Å²) < 4.78 is 29.9. The molecular formula is C16H17NO5S. The van der Waals surface area contributed by atoms with E-state index in [2.05, 4.69) is 10.3 Å². The van der Waals surface area contributed by atoms with Gasteiger partial charge in [-0.25, -0.2) is 5.48 Å². The molecule has 0 saturated heterocycles. The van der Waals surface area contributed by atoms with Crippen LogP contribution < -0.4 is 9.66 Å². The monoisotopic (exact) mass is 335 g/mol. The zero-order valence-electron chi connectivity index (χ0n) is 13.0. The van der Waals surface area contributed by atoms with Crippen LogP contribution in [0.5, 0.6) is 5.75 Å². The summed E-state index contributed by atoms with van der Waals surface area (Å²) >= 11 is 0. The van der Waals surface area contributed by atoms with Gasteiger partial charge in [0.2, 0.25) is 0 Å². The molecule has 0 atom stereocenters. The van der Waals surface area contributed by atoms with E-state index >= 15 is 0 Å². The molecule has 122 valence electrons. The van der Waals surface area contributed by atoms with Crippen LogP contribution in [0, 0.1) is 13.8 Å². The zero-order valence-corrected chi connectivity index (χ0v) is 13.8. The standard InChI is InChI=1S/C16H17NO5S/c1-11-4-5-12(2)15(10-11)23(19,20)22-14-8-6-13(7-9-14)16(18)17-21-3/h4-10H,1-3H3,(H,17,18). The van der Waals surface area contributed by atoms with E-state index < -0.39 is 16.0 Å². The molecule has 0 aliphatic heterocycles. The molecule has 1 amide bonds. The van der Waals surface area contributed by atoms with E-state index in [1.165, 1.54) is 31.4 Å². The van der Waals surface area contributed by atoms with Gasteiger partial charge in [-0.1, -0.05) is 12.1 Å². The largest absolute Gasteiger partial charge is 0.379 e. The van der Waals surface area contributed by atoms with Crippen LogP contribution in [0.15, 0.2) is 47.4 Å². The van der Waals surface area contributed by atoms with E-state index in [1.807, 2.05) is 13.0 Å². The molecule has 0 saturated carbocycles. The van der Waals surface area contributed by atoms with Crippen LogP contribution in [0.3, 0.4) is 0 Å². The van der Waals surface area contributed by atoms with Gasteiger partial charge in [-0.05, 0) is 55.3 Å². The van der Waals surface area contributed by atoms with E-state index in [4.69, 9.17) is 4.18 Å². The van der Waals surface area contributed by atoms with Crippen LogP contribution in [-0.4, -0.2) is 21.4 Å². The van der Waals surface area contributed by atoms with Crippen LogP contribution >= 0.6 is 0 Å².